The molecule has 139 heavy (non-hydrogen) atoms. The van der Waals surface area contributed by atoms with Crippen LogP contribution < -0.4 is 142 Å². The number of primary amides is 1. The summed E-state index contributed by atoms with van der Waals surface area (Å²) < 4.78 is 0. The first-order valence-corrected chi connectivity index (χ1v) is 46.7. The predicted molar refractivity (Wildman–Crippen MR) is 524 cm³/mol. The number of phenols is 2. The third-order valence-corrected chi connectivity index (χ3v) is 22.8. The lowest BCUT2D eigenvalue weighted by Gasteiger charge is -2.31. The Bertz CT molecular complexity index is 4860. The molecule has 0 spiro atoms. The fourth-order valence-electron chi connectivity index (χ4n) is 14.7. The number of likely N-dealkylation sites (tertiary alicyclic amines) is 1. The van der Waals surface area contributed by atoms with Gasteiger partial charge in [0.2, 0.25) is 76.8 Å². The molecule has 0 bridgehead atoms. The first-order valence-electron chi connectivity index (χ1n) is 45.4. The van der Waals surface area contributed by atoms with Crippen LogP contribution in [0.2, 0.25) is 0 Å². The zero-order valence-corrected chi connectivity index (χ0v) is 79.2. The molecule has 14 atom stereocenters. The van der Waals surface area contributed by atoms with Crippen molar-refractivity contribution in [2.75, 3.05) is 63.9 Å². The number of aliphatic carboxylic acids is 1. The number of hydrogen-bond acceptors (Lipinski definition) is 26. The van der Waals surface area contributed by atoms with Gasteiger partial charge >= 0.3 is 12.0 Å². The smallest absolute Gasteiger partial charge is 0.326 e. The fraction of sp³-hybridized carbons (Fsp3) is 0.517. The number of hydrogen-bond donors (Lipinski definition) is 36. The van der Waals surface area contributed by atoms with Crippen molar-refractivity contribution in [3.8, 4) is 11.5 Å². The summed E-state index contributed by atoms with van der Waals surface area (Å²) in [7, 11) is 0. The Hall–Kier alpha value is -14.4. The number of fused-ring (bicyclic) bond motifs is 1. The average molecular weight is 1980 g/mol. The third-order valence-electron chi connectivity index (χ3n) is 22.1. The van der Waals surface area contributed by atoms with E-state index in [2.05, 4.69) is 121 Å². The Balaban J connectivity index is 1.42. The van der Waals surface area contributed by atoms with E-state index < -0.39 is 191 Å². The van der Waals surface area contributed by atoms with Gasteiger partial charge in [-0.1, -0.05) is 66.7 Å². The summed E-state index contributed by atoms with van der Waals surface area (Å²) in [6.07, 6.45) is -0.234. The second-order valence-electron chi connectivity index (χ2n) is 33.2. The molecule has 0 unspecified atom stereocenters. The van der Waals surface area contributed by atoms with Crippen molar-refractivity contribution in [2.45, 2.75) is 220 Å². The number of carbonyl (C=O) groups excluding carboxylic acids is 14. The van der Waals surface area contributed by atoms with Gasteiger partial charge in [0.15, 0.2) is 29.8 Å². The molecule has 1 aliphatic rings. The normalized spacial score (nSPS) is 14.9. The maximum atomic E-state index is 15.2. The number of rotatable bonds is 62. The van der Waals surface area contributed by atoms with Crippen LogP contribution in [-0.2, 0) is 86.4 Å². The van der Waals surface area contributed by atoms with Gasteiger partial charge in [-0.15, -0.1) is 0 Å². The van der Waals surface area contributed by atoms with Crippen LogP contribution in [0.3, 0.4) is 0 Å². The number of carbonyl (C=O) groups is 15. The monoisotopic (exact) mass is 1980 g/mol. The van der Waals surface area contributed by atoms with E-state index in [4.69, 9.17) is 72.9 Å². The number of benzene rings is 4. The van der Waals surface area contributed by atoms with Crippen LogP contribution in [-0.4, -0.2) is 287 Å². The summed E-state index contributed by atoms with van der Waals surface area (Å²) >= 11 is 8.66. The van der Waals surface area contributed by atoms with Crippen LogP contribution in [0, 0.1) is 27.0 Å². The van der Waals surface area contributed by atoms with Gasteiger partial charge < -0.3 is 162 Å². The number of carboxylic acid groups (broad SMARTS) is 1. The van der Waals surface area contributed by atoms with Crippen molar-refractivity contribution in [2.24, 2.45) is 45.9 Å². The molecule has 5 rings (SSSR count). The highest BCUT2D eigenvalue weighted by Crippen LogP contribution is 2.24. The number of urea groups is 1. The summed E-state index contributed by atoms with van der Waals surface area (Å²) in [5.41, 5.74) is 46.2. The van der Waals surface area contributed by atoms with Crippen molar-refractivity contribution in [1.29, 1.82) is 27.0 Å². The maximum absolute atomic E-state index is 15.2. The summed E-state index contributed by atoms with van der Waals surface area (Å²) in [4.78, 5) is 215. The average Bonchev–Trinajstić information content (AvgIpc) is 1.74. The topological polar surface area (TPSA) is 864 Å². The minimum atomic E-state index is -1.62. The number of amides is 15. The molecule has 1 heterocycles. The number of nitrogens with one attached hydrogen (secondary N) is 23. The van der Waals surface area contributed by atoms with E-state index in [0.29, 0.717) is 29.5 Å². The van der Waals surface area contributed by atoms with Gasteiger partial charge in [0.05, 0.1) is 6.04 Å². The lowest BCUT2D eigenvalue weighted by Crippen LogP contribution is -2.61. The number of phenolic OH excluding ortho intramolecular Hbond substituents is 2. The van der Waals surface area contributed by atoms with E-state index in [1.807, 2.05) is 18.2 Å². The minimum absolute atomic E-state index is 0.0117. The summed E-state index contributed by atoms with van der Waals surface area (Å²) in [5.74, 6) is -16.5. The van der Waals surface area contributed by atoms with E-state index in [1.165, 1.54) is 60.4 Å². The predicted octanol–water partition coefficient (Wildman–Crippen LogP) is -6.73. The molecule has 0 saturated carbocycles. The molecule has 52 heteroatoms. The molecular formula is C87H136N32O18S2. The zero-order valence-electron chi connectivity index (χ0n) is 77.4. The van der Waals surface area contributed by atoms with Crippen molar-refractivity contribution in [3.05, 3.63) is 108 Å². The minimum Gasteiger partial charge on any atom is -0.508 e. The highest BCUT2D eigenvalue weighted by molar-refractivity contribution is 7.80. The molecule has 0 radical (unpaired) electrons. The number of guanidine groups is 5. The largest absolute Gasteiger partial charge is 0.508 e. The van der Waals surface area contributed by atoms with Crippen LogP contribution in [0.25, 0.3) is 10.8 Å². The van der Waals surface area contributed by atoms with Crippen LogP contribution >= 0.6 is 25.3 Å². The van der Waals surface area contributed by atoms with Crippen LogP contribution in [0.5, 0.6) is 11.5 Å². The molecule has 0 aliphatic carbocycles. The number of carboxylic acids is 1. The zero-order chi connectivity index (χ0) is 103. The molecular weight excluding hydrogens is 1850 g/mol. The van der Waals surface area contributed by atoms with E-state index in [0.717, 1.165) is 10.8 Å². The Kier molecular flexibility index (Phi) is 50.4. The summed E-state index contributed by atoms with van der Waals surface area (Å²) in [6.45, 7) is 1.62. The third kappa shape index (κ3) is 42.8. The second kappa shape index (κ2) is 60.9. The fourth-order valence-corrected chi connectivity index (χ4v) is 15.2. The van der Waals surface area contributed by atoms with E-state index >= 15 is 14.4 Å². The van der Waals surface area contributed by atoms with Gasteiger partial charge in [0, 0.05) is 76.6 Å². The van der Waals surface area contributed by atoms with Crippen molar-refractivity contribution in [3.63, 3.8) is 0 Å². The Labute approximate surface area is 814 Å². The highest BCUT2D eigenvalue weighted by atomic mass is 32.1. The Morgan fingerprint density at radius 2 is 0.698 bits per heavy atom. The van der Waals surface area contributed by atoms with E-state index in [-0.39, 0.29) is 203 Å². The molecule has 4 aromatic carbocycles. The van der Waals surface area contributed by atoms with Gasteiger partial charge in [-0.05, 0) is 174 Å². The second-order valence-corrected chi connectivity index (χ2v) is 33.9. The van der Waals surface area contributed by atoms with Crippen LogP contribution in [0.15, 0.2) is 91.0 Å². The molecule has 1 aliphatic heterocycles. The molecule has 42 N–H and O–H groups in total. The Morgan fingerprint density at radius 3 is 1.10 bits per heavy atom. The van der Waals surface area contributed by atoms with Crippen LogP contribution in [0.4, 0.5) is 4.79 Å². The van der Waals surface area contributed by atoms with E-state index in [1.54, 1.807) is 24.3 Å². The lowest BCUT2D eigenvalue weighted by atomic mass is 10.00. The molecule has 0 aromatic heterocycles. The van der Waals surface area contributed by atoms with Crippen LogP contribution in [0.1, 0.15) is 133 Å². The number of aromatic hydroxyl groups is 2. The van der Waals surface area contributed by atoms with Gasteiger partial charge in [-0.3, -0.25) is 89.4 Å². The molecule has 4 aromatic rings. The molecule has 15 amide bonds. The number of nitrogens with zero attached hydrogens (tertiary/aromatic N) is 1. The summed E-state index contributed by atoms with van der Waals surface area (Å²) in [6, 6.07) is 2.12. The first-order chi connectivity index (χ1) is 66.1. The number of thiol groups is 2. The lowest BCUT2D eigenvalue weighted by molar-refractivity contribution is -0.142. The SMILES string of the molecule is C[C@H](NC(=O)[C@H](CCCNC(=N)N)NC(=O)[C@H](Cc1ccc(O)cc1)NC(=O)[C@H](CS)NC(=O)[C@H](Cc1ccc2ccccc2c1)NC(=O)[C@H](CCCNC(=N)N)NC(=O)[C@@H](N)CCCNC(=N)N)C(=O)N[C@H](CCCCN)C(=O)N1CCC[C@H]1C(=O)N[C@@H](Cc1ccc(O)cc1)C(=O)N[C@@H](CCCNC(=N)N)C(=O)N[C@@H](CCCNC(N)=O)C(=O)N[C@@H](CS)C(=O)N[C@@H](CCCNC(=N)N)C(=O)O. The van der Waals surface area contributed by atoms with Crippen molar-refractivity contribution < 1.29 is 87.2 Å². The van der Waals surface area contributed by atoms with Crippen molar-refractivity contribution >= 4 is 155 Å². The molecule has 50 nitrogen and oxygen atoms in total. The maximum Gasteiger partial charge on any atom is 0.326 e. The van der Waals surface area contributed by atoms with Gasteiger partial charge in [-0.25, -0.2) is 9.59 Å². The Morgan fingerprint density at radius 1 is 0.374 bits per heavy atom. The highest BCUT2D eigenvalue weighted by Gasteiger charge is 2.42. The first kappa shape index (κ1) is 115. The van der Waals surface area contributed by atoms with Crippen molar-refractivity contribution in [1.82, 2.24) is 101 Å². The number of nitrogens with two attached hydrogens (primary N) is 8. The summed E-state index contributed by atoms with van der Waals surface area (Å²) in [5, 5.41) is 117. The molecule has 764 valence electrons. The standard InChI is InChI=1S/C87H136N32O18S2/c1-47(107-70(124)56(17-7-35-102-83(92)93)110-74(128)62(42-48-24-29-53(120)30-25-48)115-78(132)66(46-139)118-76(130)64(44-50-23-28-51-13-2-3-14-52(51)41-50)114-72(126)57(18-8-36-103-84(94)95)108-69(123)55(89)15-6-34-101-82(90)91)68(122)112-60(16-4-5-33-88)80(134)119-40-12-22-67(119)79(133)116-63(43-49-26-31-54(121)32-27-49)75(129)111-58(19-9-37-104-85(96)97)71(125)109-59(20-10-39-106-87(100)137)73(127)117-65(45-138)77(131)113-61(81(135)136)21-11-38-105-86(98)99/h2-3,13-14,23-32,41,47,55-67,120-121,138-139H,4-12,15-22,33-40,42-46,88-89H2,1H3,(H,107,124)(H,108,123)(H,109,125)(H,110,128)(H,111,129)(H,112,122)(H,113,131)(H,114,126)(H,115,132)(H,116,133)(H,117,127)(H,118,130)(H,135,136)(H4,90,91,101)(H4,92,93,102)(H4,94,95,103)(H4,96,97,104)(H4,98,99,105)(H3,100,106,137)/t47-,55-,56-,57-,58-,59-,60+,61-,62-,63-,64-,65-,66-,67-/m0/s1. The number of unbranched alkanes of at least 4 members (excludes halogenated alkanes) is 1. The molecule has 1 fully saturated rings. The van der Waals surface area contributed by atoms with Gasteiger partial charge in [-0.2, -0.15) is 25.3 Å². The molecule has 1 saturated heterocycles. The van der Waals surface area contributed by atoms with Gasteiger partial charge in [0.25, 0.3) is 0 Å². The van der Waals surface area contributed by atoms with E-state index in [9.17, 15) is 72.9 Å². The quantitative estimate of drug-likeness (QED) is 0.00845. The van der Waals surface area contributed by atoms with Gasteiger partial charge in [0.1, 0.15) is 90.0 Å².